The molecular weight excluding hydrogens is 239 g/mol. The minimum atomic E-state index is -0.635. The van der Waals surface area contributed by atoms with Crippen molar-refractivity contribution in [2.75, 3.05) is 11.4 Å². The molecule has 1 N–H and O–H groups in total. The summed E-state index contributed by atoms with van der Waals surface area (Å²) in [6.07, 6.45) is 0.920. The van der Waals surface area contributed by atoms with Crippen LogP contribution in [0.1, 0.15) is 6.42 Å². The lowest BCUT2D eigenvalue weighted by atomic mass is 10.3. The van der Waals surface area contributed by atoms with Crippen molar-refractivity contribution in [1.82, 2.24) is 4.98 Å². The molecule has 1 saturated heterocycles. The van der Waals surface area contributed by atoms with Crippen LogP contribution < -0.4 is 4.90 Å². The fourth-order valence-corrected chi connectivity index (χ4v) is 1.99. The van der Waals surface area contributed by atoms with Gasteiger partial charge in [0, 0.05) is 0 Å². The topological polar surface area (TPSA) is 53.4 Å². The van der Waals surface area contributed by atoms with E-state index in [2.05, 4.69) is 4.98 Å². The molecule has 0 saturated carbocycles. The Kier molecular flexibility index (Phi) is 2.82. The summed E-state index contributed by atoms with van der Waals surface area (Å²) >= 11 is 11.6. The highest BCUT2D eigenvalue weighted by atomic mass is 35.5. The Bertz CT molecular complexity index is 411. The Balaban J connectivity index is 2.34. The number of carbonyl (C=O) groups excluding carboxylic acids is 1. The SMILES string of the molecule is O=C1CC(O)CN1c1cnc(Cl)cc1Cl. The van der Waals surface area contributed by atoms with E-state index in [1.807, 2.05) is 0 Å². The molecule has 0 radical (unpaired) electrons. The lowest BCUT2D eigenvalue weighted by Crippen LogP contribution is -2.25. The quantitative estimate of drug-likeness (QED) is 0.765. The van der Waals surface area contributed by atoms with E-state index >= 15 is 0 Å². The summed E-state index contributed by atoms with van der Waals surface area (Å²) < 4.78 is 0. The van der Waals surface area contributed by atoms with Gasteiger partial charge in [0.25, 0.3) is 0 Å². The van der Waals surface area contributed by atoms with Gasteiger partial charge in [-0.3, -0.25) is 4.79 Å². The number of amides is 1. The van der Waals surface area contributed by atoms with Crippen molar-refractivity contribution >= 4 is 34.8 Å². The molecule has 4 nitrogen and oxygen atoms in total. The second-order valence-corrected chi connectivity index (χ2v) is 4.12. The van der Waals surface area contributed by atoms with Gasteiger partial charge in [0.05, 0.1) is 36.0 Å². The first-order chi connectivity index (χ1) is 7.08. The molecule has 1 aliphatic rings. The molecule has 15 heavy (non-hydrogen) atoms. The molecule has 1 amide bonds. The summed E-state index contributed by atoms with van der Waals surface area (Å²) in [6, 6.07) is 1.47. The van der Waals surface area contributed by atoms with Crippen LogP contribution in [-0.4, -0.2) is 28.6 Å². The number of hydrogen-bond donors (Lipinski definition) is 1. The highest BCUT2D eigenvalue weighted by Crippen LogP contribution is 2.30. The number of halogens is 2. The summed E-state index contributed by atoms with van der Waals surface area (Å²) in [4.78, 5) is 16.7. The van der Waals surface area contributed by atoms with Gasteiger partial charge in [0.2, 0.25) is 5.91 Å². The lowest BCUT2D eigenvalue weighted by molar-refractivity contribution is -0.117. The van der Waals surface area contributed by atoms with Crippen LogP contribution in [0.2, 0.25) is 10.2 Å². The highest BCUT2D eigenvalue weighted by molar-refractivity contribution is 6.36. The second kappa shape index (κ2) is 3.96. The van der Waals surface area contributed by atoms with E-state index in [0.717, 1.165) is 0 Å². The molecular formula is C9H8Cl2N2O2. The average Bonchev–Trinajstić information content (AvgIpc) is 2.45. The predicted octanol–water partition coefficient (Wildman–Crippen LogP) is 1.49. The maximum absolute atomic E-state index is 11.5. The monoisotopic (exact) mass is 246 g/mol. The van der Waals surface area contributed by atoms with E-state index in [9.17, 15) is 9.90 Å². The zero-order chi connectivity index (χ0) is 11.0. The van der Waals surface area contributed by atoms with Crippen LogP contribution in [0.5, 0.6) is 0 Å². The van der Waals surface area contributed by atoms with Crippen LogP contribution in [0.15, 0.2) is 12.3 Å². The number of hydrogen-bond acceptors (Lipinski definition) is 3. The van der Waals surface area contributed by atoms with Crippen LogP contribution in [0.3, 0.4) is 0 Å². The zero-order valence-corrected chi connectivity index (χ0v) is 9.16. The van der Waals surface area contributed by atoms with Gasteiger partial charge < -0.3 is 10.0 Å². The molecule has 1 fully saturated rings. The van der Waals surface area contributed by atoms with Crippen LogP contribution in [0.25, 0.3) is 0 Å². The van der Waals surface area contributed by atoms with Gasteiger partial charge in [-0.15, -0.1) is 0 Å². The third-order valence-electron chi connectivity index (χ3n) is 2.20. The maximum atomic E-state index is 11.5. The van der Waals surface area contributed by atoms with Crippen molar-refractivity contribution in [3.8, 4) is 0 Å². The molecule has 2 heterocycles. The second-order valence-electron chi connectivity index (χ2n) is 3.32. The molecule has 0 aliphatic carbocycles. The first-order valence-corrected chi connectivity index (χ1v) is 5.13. The molecule has 0 spiro atoms. The lowest BCUT2D eigenvalue weighted by Gasteiger charge is -2.16. The van der Waals surface area contributed by atoms with Gasteiger partial charge in [0.15, 0.2) is 0 Å². The Morgan fingerprint density at radius 2 is 2.27 bits per heavy atom. The largest absolute Gasteiger partial charge is 0.391 e. The number of aliphatic hydroxyl groups excluding tert-OH is 1. The fourth-order valence-electron chi connectivity index (χ4n) is 1.52. The highest BCUT2D eigenvalue weighted by Gasteiger charge is 2.30. The van der Waals surface area contributed by atoms with Crippen molar-refractivity contribution in [2.24, 2.45) is 0 Å². The van der Waals surface area contributed by atoms with Gasteiger partial charge in [-0.1, -0.05) is 23.2 Å². The zero-order valence-electron chi connectivity index (χ0n) is 7.65. The van der Waals surface area contributed by atoms with E-state index < -0.39 is 6.10 Å². The summed E-state index contributed by atoms with van der Waals surface area (Å²) in [5.74, 6) is -0.159. The van der Waals surface area contributed by atoms with Gasteiger partial charge in [-0.25, -0.2) is 4.98 Å². The number of carbonyl (C=O) groups is 1. The molecule has 2 rings (SSSR count). The Hall–Kier alpha value is -0.840. The van der Waals surface area contributed by atoms with E-state index in [4.69, 9.17) is 23.2 Å². The molecule has 1 aliphatic heterocycles. The number of β-amino-alcohol motifs (C(OH)–C–C–N with tert-alkyl or cyclic N) is 1. The van der Waals surface area contributed by atoms with Crippen molar-refractivity contribution in [3.05, 3.63) is 22.4 Å². The van der Waals surface area contributed by atoms with E-state index in [1.54, 1.807) is 0 Å². The maximum Gasteiger partial charge on any atom is 0.229 e. The van der Waals surface area contributed by atoms with E-state index in [0.29, 0.717) is 10.7 Å². The number of aromatic nitrogens is 1. The molecule has 0 bridgehead atoms. The standard InChI is InChI=1S/C9H8Cl2N2O2/c10-6-2-8(11)12-3-7(6)13-4-5(14)1-9(13)15/h2-3,5,14H,1,4H2. The summed E-state index contributed by atoms with van der Waals surface area (Å²) in [7, 11) is 0. The minimum absolute atomic E-state index is 0.124. The van der Waals surface area contributed by atoms with Gasteiger partial charge >= 0.3 is 0 Å². The number of aliphatic hydroxyl groups is 1. The molecule has 0 aromatic carbocycles. The van der Waals surface area contributed by atoms with Crippen LogP contribution in [0, 0.1) is 0 Å². The number of anilines is 1. The Morgan fingerprint density at radius 1 is 1.53 bits per heavy atom. The van der Waals surface area contributed by atoms with Crippen LogP contribution >= 0.6 is 23.2 Å². The molecule has 80 valence electrons. The molecule has 6 heteroatoms. The van der Waals surface area contributed by atoms with Gasteiger partial charge in [0.1, 0.15) is 5.15 Å². The third-order valence-corrected chi connectivity index (χ3v) is 2.71. The van der Waals surface area contributed by atoms with Crippen molar-refractivity contribution in [2.45, 2.75) is 12.5 Å². The first kappa shape index (κ1) is 10.7. The van der Waals surface area contributed by atoms with Gasteiger partial charge in [-0.2, -0.15) is 0 Å². The predicted molar refractivity (Wildman–Crippen MR) is 57.2 cm³/mol. The fraction of sp³-hybridized carbons (Fsp3) is 0.333. The van der Waals surface area contributed by atoms with Crippen LogP contribution in [-0.2, 0) is 4.79 Å². The first-order valence-electron chi connectivity index (χ1n) is 4.37. The van der Waals surface area contributed by atoms with Crippen LogP contribution in [0.4, 0.5) is 5.69 Å². The minimum Gasteiger partial charge on any atom is -0.391 e. The molecule has 1 aromatic rings. The van der Waals surface area contributed by atoms with E-state index in [-0.39, 0.29) is 24.0 Å². The van der Waals surface area contributed by atoms with Crippen molar-refractivity contribution in [3.63, 3.8) is 0 Å². The van der Waals surface area contributed by atoms with Crippen molar-refractivity contribution < 1.29 is 9.90 Å². The molecule has 1 aromatic heterocycles. The number of rotatable bonds is 1. The Labute approximate surface area is 96.4 Å². The summed E-state index contributed by atoms with van der Waals surface area (Å²) in [6.45, 7) is 0.252. The summed E-state index contributed by atoms with van der Waals surface area (Å²) in [5, 5.41) is 9.96. The molecule has 1 atom stereocenters. The third kappa shape index (κ3) is 2.07. The molecule has 1 unspecified atom stereocenters. The van der Waals surface area contributed by atoms with E-state index in [1.165, 1.54) is 17.2 Å². The van der Waals surface area contributed by atoms with Crippen molar-refractivity contribution in [1.29, 1.82) is 0 Å². The normalized spacial score (nSPS) is 21.1. The Morgan fingerprint density at radius 3 is 2.80 bits per heavy atom. The number of nitrogens with zero attached hydrogens (tertiary/aromatic N) is 2. The smallest absolute Gasteiger partial charge is 0.229 e. The average molecular weight is 247 g/mol. The van der Waals surface area contributed by atoms with Gasteiger partial charge in [-0.05, 0) is 6.07 Å². The summed E-state index contributed by atoms with van der Waals surface area (Å²) in [5.41, 5.74) is 0.489. The number of pyridine rings is 1.